The van der Waals surface area contributed by atoms with Gasteiger partial charge < -0.3 is 15.0 Å². The van der Waals surface area contributed by atoms with E-state index in [2.05, 4.69) is 30.9 Å². The number of nitrogens with zero attached hydrogens (tertiary/aromatic N) is 2. The van der Waals surface area contributed by atoms with Gasteiger partial charge >= 0.3 is 0 Å². The first kappa shape index (κ1) is 16.4. The van der Waals surface area contributed by atoms with Crippen molar-refractivity contribution >= 4 is 0 Å². The summed E-state index contributed by atoms with van der Waals surface area (Å²) in [5.41, 5.74) is 5.70. The van der Waals surface area contributed by atoms with E-state index in [9.17, 15) is 0 Å². The van der Waals surface area contributed by atoms with Crippen LogP contribution in [0.5, 0.6) is 0 Å². The van der Waals surface area contributed by atoms with Crippen LogP contribution in [0.25, 0.3) is 0 Å². The predicted octanol–water partition coefficient (Wildman–Crippen LogP) is 3.04. The fourth-order valence-electron chi connectivity index (χ4n) is 3.07. The predicted molar refractivity (Wildman–Crippen MR) is 81.8 cm³/mol. The Bertz CT molecular complexity index is 441. The van der Waals surface area contributed by atoms with Crippen molar-refractivity contribution in [3.63, 3.8) is 0 Å². The summed E-state index contributed by atoms with van der Waals surface area (Å²) in [4.78, 5) is 4.56. The van der Waals surface area contributed by atoms with E-state index in [4.69, 9.17) is 15.0 Å². The molecule has 0 bridgehead atoms. The zero-order valence-corrected chi connectivity index (χ0v) is 13.8. The first-order chi connectivity index (χ1) is 9.91. The molecule has 5 nitrogen and oxygen atoms in total. The highest BCUT2D eigenvalue weighted by Crippen LogP contribution is 2.42. The van der Waals surface area contributed by atoms with E-state index in [1.165, 1.54) is 6.42 Å². The number of methoxy groups -OCH3 is 1. The Kier molecular flexibility index (Phi) is 5.04. The van der Waals surface area contributed by atoms with Gasteiger partial charge in [-0.05, 0) is 50.0 Å². The molecule has 0 radical (unpaired) electrons. The van der Waals surface area contributed by atoms with E-state index in [0.29, 0.717) is 5.92 Å². The molecule has 120 valence electrons. The number of aryl methyl sites for hydroxylation is 1. The van der Waals surface area contributed by atoms with E-state index >= 15 is 0 Å². The summed E-state index contributed by atoms with van der Waals surface area (Å²) in [6.45, 7) is 7.52. The Morgan fingerprint density at radius 1 is 1.33 bits per heavy atom. The first-order valence-electron chi connectivity index (χ1n) is 7.99. The second kappa shape index (κ2) is 6.44. The third-order valence-corrected chi connectivity index (χ3v) is 4.87. The number of ether oxygens (including phenoxy) is 1. The van der Waals surface area contributed by atoms with Gasteiger partial charge in [0, 0.05) is 13.5 Å². The van der Waals surface area contributed by atoms with Crippen molar-refractivity contribution in [3.05, 3.63) is 11.7 Å². The van der Waals surface area contributed by atoms with Crippen molar-refractivity contribution in [1.29, 1.82) is 0 Å². The van der Waals surface area contributed by atoms with Gasteiger partial charge in [0.2, 0.25) is 11.7 Å². The van der Waals surface area contributed by atoms with E-state index in [1.807, 2.05) is 0 Å². The van der Waals surface area contributed by atoms with Gasteiger partial charge in [-0.2, -0.15) is 4.98 Å². The van der Waals surface area contributed by atoms with Crippen molar-refractivity contribution in [1.82, 2.24) is 10.1 Å². The van der Waals surface area contributed by atoms with Crippen LogP contribution in [-0.4, -0.2) is 23.8 Å². The van der Waals surface area contributed by atoms with Crippen LogP contribution in [0, 0.1) is 11.3 Å². The maximum absolute atomic E-state index is 5.73. The summed E-state index contributed by atoms with van der Waals surface area (Å²) < 4.78 is 11.0. The lowest BCUT2D eigenvalue weighted by Gasteiger charge is -2.37. The minimum Gasteiger partial charge on any atom is -0.370 e. The van der Waals surface area contributed by atoms with Crippen molar-refractivity contribution in [3.8, 4) is 0 Å². The summed E-state index contributed by atoms with van der Waals surface area (Å²) in [5, 5.41) is 4.13. The molecule has 1 unspecified atom stereocenters. The molecule has 1 aromatic rings. The molecule has 2 rings (SSSR count). The van der Waals surface area contributed by atoms with Crippen molar-refractivity contribution in [2.75, 3.05) is 13.7 Å². The summed E-state index contributed by atoms with van der Waals surface area (Å²) in [7, 11) is 1.73. The zero-order valence-electron chi connectivity index (χ0n) is 13.8. The quantitative estimate of drug-likeness (QED) is 0.837. The summed E-state index contributed by atoms with van der Waals surface area (Å²) in [5.74, 6) is 2.01. The third kappa shape index (κ3) is 3.64. The van der Waals surface area contributed by atoms with E-state index in [0.717, 1.165) is 50.4 Å². The number of nitrogens with two attached hydrogens (primary N) is 1. The Morgan fingerprint density at radius 2 is 2.05 bits per heavy atom. The minimum atomic E-state index is -0.289. The molecule has 21 heavy (non-hydrogen) atoms. The van der Waals surface area contributed by atoms with Gasteiger partial charge in [-0.1, -0.05) is 25.9 Å². The molecule has 1 aliphatic rings. The largest absolute Gasteiger partial charge is 0.370 e. The average Bonchev–Trinajstić information content (AvgIpc) is 2.81. The van der Waals surface area contributed by atoms with Gasteiger partial charge in [0.25, 0.3) is 0 Å². The fraction of sp³-hybridized carbons (Fsp3) is 0.875. The molecule has 1 aliphatic carbocycles. The highest BCUT2D eigenvalue weighted by atomic mass is 16.5. The van der Waals surface area contributed by atoms with E-state index in [-0.39, 0.29) is 11.0 Å². The van der Waals surface area contributed by atoms with Crippen molar-refractivity contribution in [2.24, 2.45) is 17.1 Å². The first-order valence-corrected chi connectivity index (χ1v) is 7.99. The molecule has 0 amide bonds. The number of hydrogen-bond donors (Lipinski definition) is 1. The topological polar surface area (TPSA) is 74.2 Å². The van der Waals surface area contributed by atoms with Crippen molar-refractivity contribution < 1.29 is 9.26 Å². The van der Waals surface area contributed by atoms with Gasteiger partial charge in [-0.15, -0.1) is 0 Å². The minimum absolute atomic E-state index is 0.254. The van der Waals surface area contributed by atoms with Crippen LogP contribution in [-0.2, 0) is 16.8 Å². The molecule has 1 aromatic heterocycles. The second-order valence-electron chi connectivity index (χ2n) is 7.24. The number of hydrogen-bond acceptors (Lipinski definition) is 5. The third-order valence-electron chi connectivity index (χ3n) is 4.87. The standard InChI is InChI=1S/C16H29N3O2/c1-15(2,3)12(8-11-17)6-7-13-18-14(19-21-13)16(20-4)9-5-10-16/h12H,5-11,17H2,1-4H3. The molecule has 1 fully saturated rings. The monoisotopic (exact) mass is 295 g/mol. The van der Waals surface area contributed by atoms with Crippen LogP contribution < -0.4 is 5.73 Å². The fourth-order valence-corrected chi connectivity index (χ4v) is 3.07. The van der Waals surface area contributed by atoms with Crippen LogP contribution in [0.15, 0.2) is 4.52 Å². The molecule has 2 N–H and O–H groups in total. The Hall–Kier alpha value is -0.940. The van der Waals surface area contributed by atoms with Gasteiger partial charge in [-0.25, -0.2) is 0 Å². The van der Waals surface area contributed by atoms with Crippen LogP contribution in [0.2, 0.25) is 0 Å². The molecular weight excluding hydrogens is 266 g/mol. The molecule has 1 atom stereocenters. The molecule has 0 saturated heterocycles. The number of aromatic nitrogens is 2. The van der Waals surface area contributed by atoms with Gasteiger partial charge in [0.1, 0.15) is 5.60 Å². The molecular formula is C16H29N3O2. The van der Waals surface area contributed by atoms with E-state index in [1.54, 1.807) is 7.11 Å². The maximum atomic E-state index is 5.73. The molecule has 1 saturated carbocycles. The highest BCUT2D eigenvalue weighted by molar-refractivity contribution is 5.06. The van der Waals surface area contributed by atoms with Gasteiger partial charge in [0.15, 0.2) is 0 Å². The van der Waals surface area contributed by atoms with Crippen molar-refractivity contribution in [2.45, 2.75) is 64.9 Å². The molecule has 0 aromatic carbocycles. The summed E-state index contributed by atoms with van der Waals surface area (Å²) in [6.07, 6.45) is 6.02. The lowest BCUT2D eigenvalue weighted by molar-refractivity contribution is -0.0858. The highest BCUT2D eigenvalue weighted by Gasteiger charge is 2.43. The number of rotatable bonds is 7. The Labute approximate surface area is 127 Å². The SMILES string of the molecule is COC1(c2noc(CCC(CCN)C(C)(C)C)n2)CCC1. The van der Waals surface area contributed by atoms with Gasteiger partial charge in [-0.3, -0.25) is 0 Å². The van der Waals surface area contributed by atoms with Crippen LogP contribution >= 0.6 is 0 Å². The van der Waals surface area contributed by atoms with Gasteiger partial charge in [0.05, 0.1) is 0 Å². The van der Waals surface area contributed by atoms with Crippen LogP contribution in [0.3, 0.4) is 0 Å². The molecule has 0 aliphatic heterocycles. The Balaban J connectivity index is 1.96. The average molecular weight is 295 g/mol. The zero-order chi connectivity index (χ0) is 15.5. The second-order valence-corrected chi connectivity index (χ2v) is 7.24. The summed E-state index contributed by atoms with van der Waals surface area (Å²) in [6, 6.07) is 0. The molecule has 5 heteroatoms. The van der Waals surface area contributed by atoms with Crippen LogP contribution in [0.1, 0.15) is 64.6 Å². The maximum Gasteiger partial charge on any atom is 0.226 e. The normalized spacial score (nSPS) is 19.3. The summed E-state index contributed by atoms with van der Waals surface area (Å²) >= 11 is 0. The Morgan fingerprint density at radius 3 is 2.52 bits per heavy atom. The smallest absolute Gasteiger partial charge is 0.226 e. The lowest BCUT2D eigenvalue weighted by atomic mass is 9.76. The molecule has 1 heterocycles. The van der Waals surface area contributed by atoms with Crippen LogP contribution in [0.4, 0.5) is 0 Å². The van der Waals surface area contributed by atoms with E-state index < -0.39 is 0 Å². The molecule has 0 spiro atoms. The lowest BCUT2D eigenvalue weighted by Crippen LogP contribution is -2.37.